The largest absolute Gasteiger partial charge is 0.468 e. The highest BCUT2D eigenvalue weighted by Crippen LogP contribution is 2.18. The predicted molar refractivity (Wildman–Crippen MR) is 64.0 cm³/mol. The van der Waals surface area contributed by atoms with Crippen molar-refractivity contribution in [2.45, 2.75) is 25.1 Å². The third-order valence-electron chi connectivity index (χ3n) is 2.20. The van der Waals surface area contributed by atoms with Gasteiger partial charge in [0.2, 0.25) is 0 Å². The van der Waals surface area contributed by atoms with Crippen molar-refractivity contribution in [1.29, 1.82) is 0 Å². The van der Waals surface area contributed by atoms with Gasteiger partial charge in [-0.25, -0.2) is 0 Å². The molecule has 1 atom stereocenters. The first kappa shape index (κ1) is 12.6. The Kier molecular flexibility index (Phi) is 5.22. The second-order valence-corrected chi connectivity index (χ2v) is 4.81. The lowest BCUT2D eigenvalue weighted by atomic mass is 10.1. The van der Waals surface area contributed by atoms with Crippen molar-refractivity contribution in [3.63, 3.8) is 0 Å². The van der Waals surface area contributed by atoms with E-state index in [9.17, 15) is 5.11 Å². The molecule has 0 aliphatic carbocycles. The van der Waals surface area contributed by atoms with E-state index in [1.54, 1.807) is 18.0 Å². The summed E-state index contributed by atoms with van der Waals surface area (Å²) in [7, 11) is 0. The van der Waals surface area contributed by atoms with Crippen molar-refractivity contribution in [3.8, 4) is 0 Å². The normalized spacial score (nSPS) is 15.1. The standard InChI is InChI=1S/C11H19NO2S/c1-3-12-11(2,8-13)9-15-7-10-5-4-6-14-10/h4-6,12-13H,3,7-9H2,1-2H3. The van der Waals surface area contributed by atoms with E-state index in [2.05, 4.69) is 5.32 Å². The third-order valence-corrected chi connectivity index (χ3v) is 3.53. The Labute approximate surface area is 95.2 Å². The molecule has 0 radical (unpaired) electrons. The predicted octanol–water partition coefficient (Wildman–Crippen LogP) is 1.87. The second-order valence-electron chi connectivity index (χ2n) is 3.82. The van der Waals surface area contributed by atoms with Crippen molar-refractivity contribution in [2.24, 2.45) is 0 Å². The minimum atomic E-state index is -0.188. The molecule has 15 heavy (non-hydrogen) atoms. The van der Waals surface area contributed by atoms with Gasteiger partial charge < -0.3 is 14.8 Å². The van der Waals surface area contributed by atoms with Crippen molar-refractivity contribution in [3.05, 3.63) is 24.2 Å². The van der Waals surface area contributed by atoms with Gasteiger partial charge in [-0.2, -0.15) is 11.8 Å². The fraction of sp³-hybridized carbons (Fsp3) is 0.636. The van der Waals surface area contributed by atoms with E-state index < -0.39 is 0 Å². The van der Waals surface area contributed by atoms with Crippen LogP contribution in [0.4, 0.5) is 0 Å². The van der Waals surface area contributed by atoms with E-state index in [1.807, 2.05) is 26.0 Å². The Morgan fingerprint density at radius 2 is 2.40 bits per heavy atom. The number of aliphatic hydroxyl groups is 1. The van der Waals surface area contributed by atoms with Crippen LogP contribution in [0, 0.1) is 0 Å². The summed E-state index contributed by atoms with van der Waals surface area (Å²) in [5, 5.41) is 12.6. The van der Waals surface area contributed by atoms with E-state index in [4.69, 9.17) is 4.42 Å². The molecule has 0 aliphatic rings. The van der Waals surface area contributed by atoms with Gasteiger partial charge in [0.05, 0.1) is 18.6 Å². The minimum absolute atomic E-state index is 0.159. The number of likely N-dealkylation sites (N-methyl/N-ethyl adjacent to an activating group) is 1. The molecule has 1 aromatic heterocycles. The molecule has 1 aromatic rings. The summed E-state index contributed by atoms with van der Waals surface area (Å²) in [6.45, 7) is 5.11. The van der Waals surface area contributed by atoms with Crippen molar-refractivity contribution in [2.75, 3.05) is 18.9 Å². The number of hydrogen-bond acceptors (Lipinski definition) is 4. The number of thioether (sulfide) groups is 1. The van der Waals surface area contributed by atoms with Crippen molar-refractivity contribution < 1.29 is 9.52 Å². The number of nitrogens with one attached hydrogen (secondary N) is 1. The van der Waals surface area contributed by atoms with Crippen LogP contribution < -0.4 is 5.32 Å². The fourth-order valence-corrected chi connectivity index (χ4v) is 2.46. The van der Waals surface area contributed by atoms with E-state index in [-0.39, 0.29) is 12.1 Å². The smallest absolute Gasteiger partial charge is 0.113 e. The van der Waals surface area contributed by atoms with Gasteiger partial charge in [0.1, 0.15) is 5.76 Å². The van der Waals surface area contributed by atoms with Crippen molar-refractivity contribution in [1.82, 2.24) is 5.32 Å². The van der Waals surface area contributed by atoms with E-state index in [1.165, 1.54) is 0 Å². The maximum Gasteiger partial charge on any atom is 0.113 e. The van der Waals surface area contributed by atoms with Crippen LogP contribution in [-0.2, 0) is 5.75 Å². The molecule has 0 amide bonds. The van der Waals surface area contributed by atoms with E-state index in [0.29, 0.717) is 0 Å². The Bertz CT molecular complexity index is 264. The lowest BCUT2D eigenvalue weighted by Crippen LogP contribution is -2.47. The molecule has 1 heterocycles. The Hall–Kier alpha value is -0.450. The zero-order valence-electron chi connectivity index (χ0n) is 9.32. The van der Waals surface area contributed by atoms with Gasteiger partial charge in [-0.05, 0) is 25.6 Å². The van der Waals surface area contributed by atoms with Crippen LogP contribution in [0.3, 0.4) is 0 Å². The summed E-state index contributed by atoms with van der Waals surface area (Å²) < 4.78 is 5.24. The first-order chi connectivity index (χ1) is 7.20. The molecule has 3 nitrogen and oxygen atoms in total. The number of hydrogen-bond donors (Lipinski definition) is 2. The molecule has 0 spiro atoms. The summed E-state index contributed by atoms with van der Waals surface area (Å²) >= 11 is 1.77. The highest BCUT2D eigenvalue weighted by Gasteiger charge is 2.21. The van der Waals surface area contributed by atoms with Crippen LogP contribution in [-0.4, -0.2) is 29.5 Å². The average molecular weight is 229 g/mol. The topological polar surface area (TPSA) is 45.4 Å². The highest BCUT2D eigenvalue weighted by molar-refractivity contribution is 7.98. The van der Waals surface area contributed by atoms with E-state index in [0.717, 1.165) is 23.8 Å². The van der Waals surface area contributed by atoms with Gasteiger partial charge in [-0.15, -0.1) is 0 Å². The molecule has 1 unspecified atom stereocenters. The number of aliphatic hydroxyl groups excluding tert-OH is 1. The van der Waals surface area contributed by atoms with Crippen LogP contribution in [0.5, 0.6) is 0 Å². The van der Waals surface area contributed by atoms with Crippen LogP contribution in [0.15, 0.2) is 22.8 Å². The number of furan rings is 1. The molecular weight excluding hydrogens is 210 g/mol. The van der Waals surface area contributed by atoms with Gasteiger partial charge in [0, 0.05) is 11.3 Å². The van der Waals surface area contributed by atoms with Gasteiger partial charge in [-0.1, -0.05) is 6.92 Å². The molecule has 0 saturated carbocycles. The molecule has 0 fully saturated rings. The maximum atomic E-state index is 9.27. The molecule has 1 rings (SSSR count). The monoisotopic (exact) mass is 229 g/mol. The van der Waals surface area contributed by atoms with Gasteiger partial charge in [0.15, 0.2) is 0 Å². The molecule has 86 valence electrons. The summed E-state index contributed by atoms with van der Waals surface area (Å²) in [6, 6.07) is 3.86. The molecule has 0 aromatic carbocycles. The fourth-order valence-electron chi connectivity index (χ4n) is 1.35. The number of rotatable bonds is 7. The Balaban J connectivity index is 2.28. The zero-order chi connectivity index (χ0) is 11.1. The Morgan fingerprint density at radius 3 is 2.93 bits per heavy atom. The third kappa shape index (κ3) is 4.28. The summed E-state index contributed by atoms with van der Waals surface area (Å²) in [5.41, 5.74) is -0.188. The first-order valence-corrected chi connectivity index (χ1v) is 6.31. The lowest BCUT2D eigenvalue weighted by molar-refractivity contribution is 0.194. The molecule has 0 aliphatic heterocycles. The highest BCUT2D eigenvalue weighted by atomic mass is 32.2. The second kappa shape index (κ2) is 6.20. The van der Waals surface area contributed by atoms with E-state index >= 15 is 0 Å². The zero-order valence-corrected chi connectivity index (χ0v) is 10.1. The summed E-state index contributed by atoms with van der Waals surface area (Å²) in [4.78, 5) is 0. The lowest BCUT2D eigenvalue weighted by Gasteiger charge is -2.27. The Morgan fingerprint density at radius 1 is 1.60 bits per heavy atom. The summed E-state index contributed by atoms with van der Waals surface area (Å²) in [6.07, 6.45) is 1.69. The average Bonchev–Trinajstić information content (AvgIpc) is 2.71. The molecule has 0 saturated heterocycles. The maximum absolute atomic E-state index is 9.27. The summed E-state index contributed by atoms with van der Waals surface area (Å²) in [5.74, 6) is 2.71. The van der Waals surface area contributed by atoms with Crippen molar-refractivity contribution >= 4 is 11.8 Å². The molecule has 4 heteroatoms. The van der Waals surface area contributed by atoms with Crippen LogP contribution in [0.1, 0.15) is 19.6 Å². The van der Waals surface area contributed by atoms with Crippen LogP contribution in [0.25, 0.3) is 0 Å². The molecule has 2 N–H and O–H groups in total. The van der Waals surface area contributed by atoms with Crippen LogP contribution in [0.2, 0.25) is 0 Å². The molecular formula is C11H19NO2S. The minimum Gasteiger partial charge on any atom is -0.468 e. The van der Waals surface area contributed by atoms with Gasteiger partial charge >= 0.3 is 0 Å². The van der Waals surface area contributed by atoms with Crippen LogP contribution >= 0.6 is 11.8 Å². The SMILES string of the molecule is CCNC(C)(CO)CSCc1ccco1. The van der Waals surface area contributed by atoms with Gasteiger partial charge in [-0.3, -0.25) is 0 Å². The van der Waals surface area contributed by atoms with Gasteiger partial charge in [0.25, 0.3) is 0 Å². The molecule has 0 bridgehead atoms. The first-order valence-electron chi connectivity index (χ1n) is 5.16. The quantitative estimate of drug-likeness (QED) is 0.749.